The molecule has 0 aliphatic rings. The van der Waals surface area contributed by atoms with E-state index in [0.29, 0.717) is 5.92 Å². The van der Waals surface area contributed by atoms with Gasteiger partial charge in [-0.05, 0) is 61.9 Å². The molecule has 0 fully saturated rings. The maximum absolute atomic E-state index is 3.97. The lowest BCUT2D eigenvalue weighted by Crippen LogP contribution is -2.07. The molecular weight excluding hydrogens is 278 g/mol. The largest absolute Gasteiger partial charge is 0.319 e. The SMILES string of the molecule is C=CCCCc1ccccc1/C(=C\CCNC)C(C)C=C.CC. The fourth-order valence-corrected chi connectivity index (χ4v) is 2.50. The van der Waals surface area contributed by atoms with Crippen LogP contribution in [0.15, 0.2) is 55.7 Å². The van der Waals surface area contributed by atoms with Gasteiger partial charge in [-0.25, -0.2) is 0 Å². The first kappa shape index (κ1) is 21.4. The Kier molecular flexibility index (Phi) is 13.0. The van der Waals surface area contributed by atoms with Gasteiger partial charge in [0.2, 0.25) is 0 Å². The Morgan fingerprint density at radius 1 is 1.17 bits per heavy atom. The third kappa shape index (κ3) is 7.99. The van der Waals surface area contributed by atoms with Gasteiger partial charge < -0.3 is 5.32 Å². The summed E-state index contributed by atoms with van der Waals surface area (Å²) in [7, 11) is 1.99. The van der Waals surface area contributed by atoms with Gasteiger partial charge in [-0.15, -0.1) is 13.2 Å². The number of allylic oxidation sites excluding steroid dienone is 3. The van der Waals surface area contributed by atoms with Crippen molar-refractivity contribution in [1.82, 2.24) is 5.32 Å². The second-order valence-corrected chi connectivity index (χ2v) is 5.41. The molecule has 0 radical (unpaired) electrons. The van der Waals surface area contributed by atoms with Crippen molar-refractivity contribution in [3.63, 3.8) is 0 Å². The van der Waals surface area contributed by atoms with Crippen molar-refractivity contribution < 1.29 is 0 Å². The molecule has 0 aliphatic carbocycles. The van der Waals surface area contributed by atoms with Gasteiger partial charge in [0.25, 0.3) is 0 Å². The van der Waals surface area contributed by atoms with E-state index in [1.54, 1.807) is 0 Å². The van der Waals surface area contributed by atoms with Gasteiger partial charge in [0, 0.05) is 0 Å². The van der Waals surface area contributed by atoms with E-state index in [1.165, 1.54) is 16.7 Å². The summed E-state index contributed by atoms with van der Waals surface area (Å²) in [6, 6.07) is 8.76. The Labute approximate surface area is 144 Å². The summed E-state index contributed by atoms with van der Waals surface area (Å²) in [6.07, 6.45) is 10.8. The van der Waals surface area contributed by atoms with Crippen LogP contribution in [0.5, 0.6) is 0 Å². The topological polar surface area (TPSA) is 12.0 Å². The van der Waals surface area contributed by atoms with Crippen LogP contribution < -0.4 is 5.32 Å². The summed E-state index contributed by atoms with van der Waals surface area (Å²) in [5, 5.41) is 3.21. The van der Waals surface area contributed by atoms with Crippen LogP contribution in [0.3, 0.4) is 0 Å². The number of hydrogen-bond acceptors (Lipinski definition) is 1. The van der Waals surface area contributed by atoms with E-state index < -0.39 is 0 Å². The molecule has 0 saturated heterocycles. The highest BCUT2D eigenvalue weighted by Crippen LogP contribution is 2.28. The second kappa shape index (κ2) is 14.0. The minimum absolute atomic E-state index is 0.377. The zero-order chi connectivity index (χ0) is 17.5. The maximum atomic E-state index is 3.97. The van der Waals surface area contributed by atoms with E-state index in [-0.39, 0.29) is 0 Å². The Morgan fingerprint density at radius 3 is 2.48 bits per heavy atom. The first-order valence-electron chi connectivity index (χ1n) is 8.91. The molecular formula is C22H35N. The fourth-order valence-electron chi connectivity index (χ4n) is 2.50. The number of aryl methyl sites for hydroxylation is 1. The summed E-state index contributed by atoms with van der Waals surface area (Å²) in [4.78, 5) is 0. The minimum atomic E-state index is 0.377. The van der Waals surface area contributed by atoms with E-state index >= 15 is 0 Å². The van der Waals surface area contributed by atoms with E-state index in [0.717, 1.165) is 32.2 Å². The highest BCUT2D eigenvalue weighted by Gasteiger charge is 2.11. The zero-order valence-corrected chi connectivity index (χ0v) is 15.6. The first-order chi connectivity index (χ1) is 11.2. The Hall–Kier alpha value is -1.60. The normalized spacial score (nSPS) is 12.1. The summed E-state index contributed by atoms with van der Waals surface area (Å²) in [5.74, 6) is 0.377. The van der Waals surface area contributed by atoms with Gasteiger partial charge in [-0.1, -0.05) is 63.3 Å². The highest BCUT2D eigenvalue weighted by molar-refractivity contribution is 5.71. The Morgan fingerprint density at radius 2 is 1.87 bits per heavy atom. The molecule has 0 spiro atoms. The molecule has 0 aliphatic heterocycles. The monoisotopic (exact) mass is 313 g/mol. The van der Waals surface area contributed by atoms with Crippen LogP contribution in [-0.4, -0.2) is 13.6 Å². The van der Waals surface area contributed by atoms with E-state index in [1.807, 2.05) is 33.0 Å². The van der Waals surface area contributed by atoms with Crippen LogP contribution in [0, 0.1) is 5.92 Å². The average Bonchev–Trinajstić information content (AvgIpc) is 2.61. The average molecular weight is 314 g/mol. The molecule has 1 N–H and O–H groups in total. The van der Waals surface area contributed by atoms with E-state index in [2.05, 4.69) is 55.7 Å². The van der Waals surface area contributed by atoms with Crippen molar-refractivity contribution >= 4 is 5.57 Å². The second-order valence-electron chi connectivity index (χ2n) is 5.41. The van der Waals surface area contributed by atoms with Crippen LogP contribution in [0.25, 0.3) is 5.57 Å². The molecule has 1 heteroatoms. The lowest BCUT2D eigenvalue weighted by Gasteiger charge is -2.17. The highest BCUT2D eigenvalue weighted by atomic mass is 14.8. The number of benzene rings is 1. The van der Waals surface area contributed by atoms with Crippen molar-refractivity contribution in [2.24, 2.45) is 5.92 Å². The smallest absolute Gasteiger partial charge is 0.00102 e. The van der Waals surface area contributed by atoms with Gasteiger partial charge in [0.05, 0.1) is 0 Å². The molecule has 0 amide bonds. The molecule has 1 aromatic rings. The quantitative estimate of drug-likeness (QED) is 0.410. The molecule has 1 atom stereocenters. The van der Waals surface area contributed by atoms with Crippen molar-refractivity contribution in [3.8, 4) is 0 Å². The third-order valence-corrected chi connectivity index (χ3v) is 3.79. The molecule has 23 heavy (non-hydrogen) atoms. The number of hydrogen-bond donors (Lipinski definition) is 1. The molecule has 128 valence electrons. The summed E-state index contributed by atoms with van der Waals surface area (Å²) in [5.41, 5.74) is 4.21. The predicted molar refractivity (Wildman–Crippen MR) is 107 cm³/mol. The van der Waals surface area contributed by atoms with Crippen LogP contribution >= 0.6 is 0 Å². The number of nitrogens with one attached hydrogen (secondary N) is 1. The molecule has 1 nitrogen and oxygen atoms in total. The fraction of sp³-hybridized carbons (Fsp3) is 0.455. The van der Waals surface area contributed by atoms with Crippen molar-refractivity contribution in [2.75, 3.05) is 13.6 Å². The van der Waals surface area contributed by atoms with Crippen LogP contribution in [0.2, 0.25) is 0 Å². The van der Waals surface area contributed by atoms with Gasteiger partial charge in [0.15, 0.2) is 0 Å². The van der Waals surface area contributed by atoms with Crippen LogP contribution in [-0.2, 0) is 6.42 Å². The van der Waals surface area contributed by atoms with Crippen molar-refractivity contribution in [3.05, 3.63) is 66.8 Å². The van der Waals surface area contributed by atoms with Crippen molar-refractivity contribution in [1.29, 1.82) is 0 Å². The molecule has 1 aromatic carbocycles. The number of rotatable bonds is 10. The number of unbranched alkanes of at least 4 members (excludes halogenated alkanes) is 1. The minimum Gasteiger partial charge on any atom is -0.319 e. The lowest BCUT2D eigenvalue weighted by atomic mass is 9.88. The van der Waals surface area contributed by atoms with Gasteiger partial charge in [-0.3, -0.25) is 0 Å². The molecule has 0 saturated carbocycles. The van der Waals surface area contributed by atoms with Crippen molar-refractivity contribution in [2.45, 2.75) is 46.5 Å². The molecule has 0 aromatic heterocycles. The zero-order valence-electron chi connectivity index (χ0n) is 15.6. The van der Waals surface area contributed by atoms with E-state index in [9.17, 15) is 0 Å². The van der Waals surface area contributed by atoms with Gasteiger partial charge in [-0.2, -0.15) is 0 Å². The molecule has 1 rings (SSSR count). The standard InChI is InChI=1S/C20H29N.C2H6/c1-5-7-8-12-18-13-9-10-14-20(18)19(17(3)6-2)15-11-16-21-4;1-2/h5-6,9-10,13-15,17,21H,1-2,7-8,11-12,16H2,3-4H3;1-2H3/b19-15-;. The summed E-state index contributed by atoms with van der Waals surface area (Å²) < 4.78 is 0. The van der Waals surface area contributed by atoms with Gasteiger partial charge in [0.1, 0.15) is 0 Å². The molecule has 0 bridgehead atoms. The Bertz CT molecular complexity index is 471. The third-order valence-electron chi connectivity index (χ3n) is 3.79. The lowest BCUT2D eigenvalue weighted by molar-refractivity contribution is 0.803. The summed E-state index contributed by atoms with van der Waals surface area (Å²) >= 11 is 0. The van der Waals surface area contributed by atoms with Crippen LogP contribution in [0.4, 0.5) is 0 Å². The summed E-state index contributed by atoms with van der Waals surface area (Å²) in [6.45, 7) is 15.0. The van der Waals surface area contributed by atoms with E-state index in [4.69, 9.17) is 0 Å². The predicted octanol–water partition coefficient (Wildman–Crippen LogP) is 6.04. The molecule has 1 unspecified atom stereocenters. The molecule has 0 heterocycles. The Balaban J connectivity index is 0.00000232. The maximum Gasteiger partial charge on any atom is -0.00102 e. The first-order valence-corrected chi connectivity index (χ1v) is 8.91. The van der Waals surface area contributed by atoms with Gasteiger partial charge >= 0.3 is 0 Å². The van der Waals surface area contributed by atoms with Crippen LogP contribution in [0.1, 0.15) is 51.2 Å².